The van der Waals surface area contributed by atoms with Crippen molar-refractivity contribution in [3.63, 3.8) is 0 Å². The summed E-state index contributed by atoms with van der Waals surface area (Å²) in [5, 5.41) is 3.17. The first-order chi connectivity index (χ1) is 16.9. The lowest BCUT2D eigenvalue weighted by Gasteiger charge is -2.28. The minimum atomic E-state index is -3.65. The first-order valence-corrected chi connectivity index (χ1v) is 13.3. The fourth-order valence-corrected chi connectivity index (χ4v) is 5.74. The Bertz CT molecular complexity index is 1460. The second-order valence-corrected chi connectivity index (χ2v) is 10.8. The number of benzene rings is 3. The molecule has 8 heteroatoms. The summed E-state index contributed by atoms with van der Waals surface area (Å²) in [4.78, 5) is 20.9. The number of amides is 1. The fourth-order valence-electron chi connectivity index (χ4n) is 4.67. The zero-order valence-electron chi connectivity index (χ0n) is 19.5. The summed E-state index contributed by atoms with van der Waals surface area (Å²) in [6.07, 6.45) is 3.63. The van der Waals surface area contributed by atoms with Crippen molar-refractivity contribution in [1.29, 1.82) is 0 Å². The number of H-pyrrole nitrogens is 1. The zero-order valence-corrected chi connectivity index (χ0v) is 20.3. The van der Waals surface area contributed by atoms with Gasteiger partial charge in [-0.1, -0.05) is 35.9 Å². The second-order valence-electron chi connectivity index (χ2n) is 9.16. The Morgan fingerprint density at radius 2 is 1.71 bits per heavy atom. The topological polar surface area (TPSA) is 104 Å². The van der Waals surface area contributed by atoms with Gasteiger partial charge in [0.1, 0.15) is 5.82 Å². The molecular formula is C27H28N4O3S. The van der Waals surface area contributed by atoms with E-state index < -0.39 is 10.0 Å². The van der Waals surface area contributed by atoms with Gasteiger partial charge in [-0.25, -0.2) is 13.4 Å². The van der Waals surface area contributed by atoms with Crippen LogP contribution in [0.1, 0.15) is 53.3 Å². The number of rotatable bonds is 6. The summed E-state index contributed by atoms with van der Waals surface area (Å²) in [5.41, 5.74) is 3.85. The van der Waals surface area contributed by atoms with Gasteiger partial charge in [0.15, 0.2) is 0 Å². The van der Waals surface area contributed by atoms with Crippen LogP contribution in [0, 0.1) is 6.92 Å². The van der Waals surface area contributed by atoms with Crippen molar-refractivity contribution in [3.8, 4) is 0 Å². The van der Waals surface area contributed by atoms with Gasteiger partial charge in [0, 0.05) is 17.5 Å². The molecule has 1 amide bonds. The number of aryl methyl sites for hydroxylation is 1. The summed E-state index contributed by atoms with van der Waals surface area (Å²) in [6.45, 7) is 1.98. The van der Waals surface area contributed by atoms with Crippen LogP contribution in [0.3, 0.4) is 0 Å². The average Bonchev–Trinajstić information content (AvgIpc) is 3.28. The summed E-state index contributed by atoms with van der Waals surface area (Å²) in [6, 6.07) is 21.4. The van der Waals surface area contributed by atoms with Crippen molar-refractivity contribution in [3.05, 3.63) is 89.7 Å². The molecule has 1 aliphatic rings. The highest BCUT2D eigenvalue weighted by Gasteiger charge is 2.26. The minimum absolute atomic E-state index is 0.0219. The van der Waals surface area contributed by atoms with Crippen LogP contribution in [-0.2, 0) is 10.0 Å². The van der Waals surface area contributed by atoms with E-state index in [0.717, 1.165) is 48.1 Å². The van der Waals surface area contributed by atoms with E-state index in [9.17, 15) is 13.2 Å². The van der Waals surface area contributed by atoms with Crippen LogP contribution < -0.4 is 10.0 Å². The first-order valence-electron chi connectivity index (χ1n) is 11.8. The predicted molar refractivity (Wildman–Crippen MR) is 137 cm³/mol. The van der Waals surface area contributed by atoms with Crippen LogP contribution in [0.2, 0.25) is 0 Å². The molecule has 35 heavy (non-hydrogen) atoms. The molecule has 1 heterocycles. The van der Waals surface area contributed by atoms with Gasteiger partial charge in [0.2, 0.25) is 0 Å². The summed E-state index contributed by atoms with van der Waals surface area (Å²) < 4.78 is 27.9. The maximum absolute atomic E-state index is 12.6. The van der Waals surface area contributed by atoms with Gasteiger partial charge in [-0.05, 0) is 75.1 Å². The standard InChI is InChI=1S/C27H28N4O3S/c1-18-6-5-7-20(16-18)27(32)28-21-12-10-19(11-13-21)26-29-24-15-14-22(17-25(24)30-26)31-35(33,34)23-8-3-2-4-9-23/h2-9,14-17,19,21,31H,10-13H2,1H3,(H,28,32)(H,29,30). The van der Waals surface area contributed by atoms with Crippen LogP contribution in [0.5, 0.6) is 0 Å². The van der Waals surface area contributed by atoms with Crippen LogP contribution in [0.25, 0.3) is 11.0 Å². The Morgan fingerprint density at radius 3 is 2.46 bits per heavy atom. The third kappa shape index (κ3) is 5.22. The van der Waals surface area contributed by atoms with E-state index in [2.05, 4.69) is 15.0 Å². The lowest BCUT2D eigenvalue weighted by Crippen LogP contribution is -2.37. The van der Waals surface area contributed by atoms with Crippen molar-refractivity contribution < 1.29 is 13.2 Å². The molecular weight excluding hydrogens is 460 g/mol. The molecule has 0 unspecified atom stereocenters. The first kappa shape index (κ1) is 23.1. The molecule has 180 valence electrons. The maximum Gasteiger partial charge on any atom is 0.261 e. The molecule has 7 nitrogen and oxygen atoms in total. The van der Waals surface area contributed by atoms with Crippen molar-refractivity contribution >= 4 is 32.7 Å². The third-order valence-electron chi connectivity index (χ3n) is 6.54. The summed E-state index contributed by atoms with van der Waals surface area (Å²) in [5.74, 6) is 1.16. The minimum Gasteiger partial charge on any atom is -0.349 e. The molecule has 1 saturated carbocycles. The predicted octanol–water partition coefficient (Wildman–Crippen LogP) is 5.13. The molecule has 0 radical (unpaired) electrons. The monoisotopic (exact) mass is 488 g/mol. The molecule has 0 saturated heterocycles. The van der Waals surface area contributed by atoms with Crippen molar-refractivity contribution in [2.75, 3.05) is 4.72 Å². The highest BCUT2D eigenvalue weighted by Crippen LogP contribution is 2.33. The zero-order chi connectivity index (χ0) is 24.4. The van der Waals surface area contributed by atoms with Gasteiger partial charge in [-0.2, -0.15) is 0 Å². The highest BCUT2D eigenvalue weighted by atomic mass is 32.2. The third-order valence-corrected chi connectivity index (χ3v) is 7.93. The van der Waals surface area contributed by atoms with Crippen LogP contribution in [-0.4, -0.2) is 30.3 Å². The quantitative estimate of drug-likeness (QED) is 0.350. The Morgan fingerprint density at radius 1 is 0.943 bits per heavy atom. The van der Waals surface area contributed by atoms with Gasteiger partial charge in [0.25, 0.3) is 15.9 Å². The second kappa shape index (κ2) is 9.54. The van der Waals surface area contributed by atoms with E-state index in [4.69, 9.17) is 4.98 Å². The number of carbonyl (C=O) groups is 1. The van der Waals surface area contributed by atoms with E-state index >= 15 is 0 Å². The highest BCUT2D eigenvalue weighted by molar-refractivity contribution is 7.92. The number of hydrogen-bond acceptors (Lipinski definition) is 4. The van der Waals surface area contributed by atoms with Crippen LogP contribution in [0.15, 0.2) is 77.7 Å². The lowest BCUT2D eigenvalue weighted by atomic mass is 9.85. The molecule has 4 aromatic rings. The SMILES string of the molecule is Cc1cccc(C(=O)NC2CCC(c3nc4ccc(NS(=O)(=O)c5ccccc5)cc4[nH]3)CC2)c1. The smallest absolute Gasteiger partial charge is 0.261 e. The molecule has 0 aliphatic heterocycles. The van der Waals surface area contributed by atoms with Gasteiger partial charge in [0.05, 0.1) is 21.6 Å². The Hall–Kier alpha value is -3.65. The number of anilines is 1. The van der Waals surface area contributed by atoms with Crippen LogP contribution >= 0.6 is 0 Å². The van der Waals surface area contributed by atoms with Gasteiger partial charge in [-0.15, -0.1) is 0 Å². The molecule has 3 aromatic carbocycles. The number of carbonyl (C=O) groups excluding carboxylic acids is 1. The van der Waals surface area contributed by atoms with Crippen LogP contribution in [0.4, 0.5) is 5.69 Å². The number of fused-ring (bicyclic) bond motifs is 1. The maximum atomic E-state index is 12.6. The number of sulfonamides is 1. The molecule has 0 atom stereocenters. The Kier molecular flexibility index (Phi) is 6.30. The molecule has 0 bridgehead atoms. The van der Waals surface area contributed by atoms with Gasteiger partial charge >= 0.3 is 0 Å². The van der Waals surface area contributed by atoms with Gasteiger partial charge < -0.3 is 10.3 Å². The summed E-state index contributed by atoms with van der Waals surface area (Å²) >= 11 is 0. The summed E-state index contributed by atoms with van der Waals surface area (Å²) in [7, 11) is -3.65. The number of nitrogens with one attached hydrogen (secondary N) is 3. The number of nitrogens with zero attached hydrogens (tertiary/aromatic N) is 1. The van der Waals surface area contributed by atoms with E-state index in [1.54, 1.807) is 42.5 Å². The molecule has 1 aliphatic carbocycles. The number of aromatic amines is 1. The van der Waals surface area contributed by atoms with Crippen molar-refractivity contribution in [2.45, 2.75) is 49.5 Å². The molecule has 1 fully saturated rings. The van der Waals surface area contributed by atoms with E-state index in [1.807, 2.05) is 37.3 Å². The van der Waals surface area contributed by atoms with E-state index in [-0.39, 0.29) is 22.8 Å². The average molecular weight is 489 g/mol. The number of imidazole rings is 1. The van der Waals surface area contributed by atoms with Crippen molar-refractivity contribution in [1.82, 2.24) is 15.3 Å². The van der Waals surface area contributed by atoms with E-state index in [0.29, 0.717) is 11.3 Å². The van der Waals surface area contributed by atoms with Gasteiger partial charge in [-0.3, -0.25) is 9.52 Å². The largest absolute Gasteiger partial charge is 0.349 e. The molecule has 3 N–H and O–H groups in total. The number of hydrogen-bond donors (Lipinski definition) is 3. The fraction of sp³-hybridized carbons (Fsp3) is 0.259. The molecule has 5 rings (SSSR count). The number of aromatic nitrogens is 2. The lowest BCUT2D eigenvalue weighted by molar-refractivity contribution is 0.0925. The van der Waals surface area contributed by atoms with E-state index in [1.165, 1.54) is 0 Å². The molecule has 1 aromatic heterocycles. The normalized spacial score (nSPS) is 18.3. The van der Waals surface area contributed by atoms with Crippen molar-refractivity contribution in [2.24, 2.45) is 0 Å². The Balaban J connectivity index is 1.23. The Labute approximate surface area is 205 Å². The molecule has 0 spiro atoms.